The molecule has 0 saturated heterocycles. The first-order chi connectivity index (χ1) is 7.33. The Morgan fingerprint density at radius 1 is 1.07 bits per heavy atom. The van der Waals surface area contributed by atoms with Crippen LogP contribution in [0.15, 0.2) is 36.4 Å². The molecular weight excluding hydrogens is 184 g/mol. The molecule has 15 heavy (non-hydrogen) atoms. The largest absolute Gasteiger partial charge is 0.388 e. The lowest BCUT2D eigenvalue weighted by molar-refractivity contribution is 0.150. The lowest BCUT2D eigenvalue weighted by Gasteiger charge is -2.13. The number of aliphatic hydroxyl groups excluding tert-OH is 1. The zero-order valence-electron chi connectivity index (χ0n) is 8.77. The van der Waals surface area contributed by atoms with Gasteiger partial charge in [-0.1, -0.05) is 43.3 Å². The summed E-state index contributed by atoms with van der Waals surface area (Å²) in [5.41, 5.74) is 2.42. The van der Waals surface area contributed by atoms with Gasteiger partial charge in [-0.3, -0.25) is 0 Å². The van der Waals surface area contributed by atoms with Crippen LogP contribution in [-0.2, 0) is 0 Å². The van der Waals surface area contributed by atoms with Crippen molar-refractivity contribution in [2.45, 2.75) is 25.4 Å². The van der Waals surface area contributed by atoms with Crippen molar-refractivity contribution in [2.75, 3.05) is 0 Å². The lowest BCUT2D eigenvalue weighted by atomic mass is 9.96. The van der Waals surface area contributed by atoms with Gasteiger partial charge in [0.2, 0.25) is 0 Å². The lowest BCUT2D eigenvalue weighted by Crippen LogP contribution is -2.02. The van der Waals surface area contributed by atoms with Gasteiger partial charge in [0.15, 0.2) is 0 Å². The highest BCUT2D eigenvalue weighted by Gasteiger charge is 2.30. The predicted octanol–water partition coefficient (Wildman–Crippen LogP) is 3.38. The normalized spacial score (nSPS) is 23.6. The number of benzene rings is 2. The van der Waals surface area contributed by atoms with Gasteiger partial charge in [0.1, 0.15) is 0 Å². The molecule has 1 aliphatic rings. The number of hydrogen-bond donors (Lipinski definition) is 1. The minimum atomic E-state index is -0.309. The van der Waals surface area contributed by atoms with Crippen molar-refractivity contribution in [3.63, 3.8) is 0 Å². The number of rotatable bonds is 1. The maximum atomic E-state index is 10.2. The van der Waals surface area contributed by atoms with E-state index in [1.807, 2.05) is 12.1 Å². The molecule has 0 amide bonds. The van der Waals surface area contributed by atoms with E-state index in [0.29, 0.717) is 0 Å². The summed E-state index contributed by atoms with van der Waals surface area (Å²) in [5.74, 6) is 0.283. The van der Waals surface area contributed by atoms with E-state index in [-0.39, 0.29) is 12.0 Å². The Morgan fingerprint density at radius 2 is 1.73 bits per heavy atom. The van der Waals surface area contributed by atoms with E-state index >= 15 is 0 Å². The third-order valence-electron chi connectivity index (χ3n) is 3.51. The maximum Gasteiger partial charge on any atom is 0.0864 e. The average Bonchev–Trinajstić information content (AvgIpc) is 2.55. The van der Waals surface area contributed by atoms with Gasteiger partial charge < -0.3 is 5.11 Å². The molecular formula is C14H14O. The molecule has 1 N–H and O–H groups in total. The van der Waals surface area contributed by atoms with E-state index < -0.39 is 0 Å². The average molecular weight is 198 g/mol. The molecule has 2 atom stereocenters. The zero-order valence-corrected chi connectivity index (χ0v) is 8.77. The van der Waals surface area contributed by atoms with E-state index in [2.05, 4.69) is 31.2 Å². The van der Waals surface area contributed by atoms with Gasteiger partial charge in [0.05, 0.1) is 6.10 Å². The summed E-state index contributed by atoms with van der Waals surface area (Å²) in [7, 11) is 0. The van der Waals surface area contributed by atoms with Crippen LogP contribution in [0, 0.1) is 0 Å². The van der Waals surface area contributed by atoms with Crippen molar-refractivity contribution in [1.82, 2.24) is 0 Å². The minimum absolute atomic E-state index is 0.283. The smallest absolute Gasteiger partial charge is 0.0864 e. The van der Waals surface area contributed by atoms with Crippen molar-refractivity contribution in [3.8, 4) is 0 Å². The van der Waals surface area contributed by atoms with Crippen LogP contribution in [0.4, 0.5) is 0 Å². The highest BCUT2D eigenvalue weighted by molar-refractivity contribution is 5.91. The Kier molecular flexibility index (Phi) is 1.83. The molecule has 2 aromatic carbocycles. The second kappa shape index (κ2) is 3.07. The molecule has 2 unspecified atom stereocenters. The van der Waals surface area contributed by atoms with Crippen molar-refractivity contribution in [3.05, 3.63) is 47.5 Å². The summed E-state index contributed by atoms with van der Waals surface area (Å²) in [5, 5.41) is 12.8. The Balaban J connectivity index is 2.40. The number of aliphatic hydroxyl groups is 1. The Labute approximate surface area is 89.4 Å². The van der Waals surface area contributed by atoms with Crippen LogP contribution in [0.1, 0.15) is 36.5 Å². The Morgan fingerprint density at radius 3 is 2.40 bits per heavy atom. The van der Waals surface area contributed by atoms with Crippen LogP contribution >= 0.6 is 0 Å². The van der Waals surface area contributed by atoms with E-state index in [9.17, 15) is 5.11 Å². The molecule has 0 radical (unpaired) electrons. The third-order valence-corrected chi connectivity index (χ3v) is 3.51. The first-order valence-electron chi connectivity index (χ1n) is 5.52. The van der Waals surface area contributed by atoms with Crippen molar-refractivity contribution >= 4 is 10.8 Å². The van der Waals surface area contributed by atoms with Crippen LogP contribution in [0.5, 0.6) is 0 Å². The van der Waals surface area contributed by atoms with Gasteiger partial charge in [-0.25, -0.2) is 0 Å². The number of hydrogen-bond acceptors (Lipinski definition) is 1. The summed E-state index contributed by atoms with van der Waals surface area (Å²) < 4.78 is 0. The van der Waals surface area contributed by atoms with E-state index in [4.69, 9.17) is 0 Å². The second-order valence-corrected chi connectivity index (χ2v) is 4.25. The summed E-state index contributed by atoms with van der Waals surface area (Å²) in [4.78, 5) is 0. The van der Waals surface area contributed by atoms with Gasteiger partial charge in [-0.15, -0.1) is 0 Å². The molecule has 0 saturated carbocycles. The molecule has 0 heterocycles. The predicted molar refractivity (Wildman–Crippen MR) is 61.9 cm³/mol. The molecule has 1 nitrogen and oxygen atoms in total. The Hall–Kier alpha value is -1.34. The molecule has 0 aliphatic heterocycles. The van der Waals surface area contributed by atoms with Crippen LogP contribution in [0.25, 0.3) is 10.8 Å². The Bertz CT molecular complexity index is 510. The zero-order chi connectivity index (χ0) is 10.4. The van der Waals surface area contributed by atoms with Gasteiger partial charge in [0.25, 0.3) is 0 Å². The molecule has 1 heteroatoms. The van der Waals surface area contributed by atoms with E-state index in [1.165, 1.54) is 16.3 Å². The topological polar surface area (TPSA) is 20.2 Å². The first kappa shape index (κ1) is 8.93. The summed E-state index contributed by atoms with van der Waals surface area (Å²) in [6.07, 6.45) is 0.686. The molecule has 76 valence electrons. The quantitative estimate of drug-likeness (QED) is 0.744. The van der Waals surface area contributed by atoms with E-state index in [1.54, 1.807) is 0 Å². The molecule has 3 rings (SSSR count). The van der Waals surface area contributed by atoms with Crippen molar-refractivity contribution < 1.29 is 5.11 Å². The third kappa shape index (κ3) is 1.07. The fourth-order valence-corrected chi connectivity index (χ4v) is 2.79. The van der Waals surface area contributed by atoms with Crippen LogP contribution < -0.4 is 0 Å². The van der Waals surface area contributed by atoms with Crippen LogP contribution in [0.3, 0.4) is 0 Å². The molecule has 0 spiro atoms. The summed E-state index contributed by atoms with van der Waals surface area (Å²) in [6, 6.07) is 12.5. The van der Waals surface area contributed by atoms with Crippen molar-refractivity contribution in [2.24, 2.45) is 0 Å². The fourth-order valence-electron chi connectivity index (χ4n) is 2.79. The molecule has 0 fully saturated rings. The molecule has 0 aromatic heterocycles. The summed E-state index contributed by atoms with van der Waals surface area (Å²) >= 11 is 0. The first-order valence-corrected chi connectivity index (χ1v) is 5.52. The monoisotopic (exact) mass is 198 g/mol. The maximum absolute atomic E-state index is 10.2. The van der Waals surface area contributed by atoms with E-state index in [0.717, 1.165) is 12.0 Å². The molecule has 2 aromatic rings. The van der Waals surface area contributed by atoms with Gasteiger partial charge in [-0.05, 0) is 28.3 Å². The minimum Gasteiger partial charge on any atom is -0.388 e. The standard InChI is InChI=1S/C14H14O/c1-2-10-11-7-3-5-9-6-4-8-12(13(9)11)14(10)15/h3-8,10,14-15H,2H2,1H3. The van der Waals surface area contributed by atoms with Crippen LogP contribution in [0.2, 0.25) is 0 Å². The van der Waals surface area contributed by atoms with Gasteiger partial charge in [0, 0.05) is 5.92 Å². The van der Waals surface area contributed by atoms with Crippen molar-refractivity contribution in [1.29, 1.82) is 0 Å². The fraction of sp³-hybridized carbons (Fsp3) is 0.286. The molecule has 1 aliphatic carbocycles. The van der Waals surface area contributed by atoms with Crippen LogP contribution in [-0.4, -0.2) is 5.11 Å². The second-order valence-electron chi connectivity index (χ2n) is 4.25. The molecule has 0 bridgehead atoms. The highest BCUT2D eigenvalue weighted by Crippen LogP contribution is 2.46. The summed E-state index contributed by atoms with van der Waals surface area (Å²) in [6.45, 7) is 2.14. The SMILES string of the molecule is CCC1c2cccc3cccc(c23)C1O. The highest BCUT2D eigenvalue weighted by atomic mass is 16.3. The van der Waals surface area contributed by atoms with Gasteiger partial charge in [-0.2, -0.15) is 0 Å². The van der Waals surface area contributed by atoms with Gasteiger partial charge >= 0.3 is 0 Å².